The van der Waals surface area contributed by atoms with Crippen LogP contribution in [0.15, 0.2) is 0 Å². The summed E-state index contributed by atoms with van der Waals surface area (Å²) in [7, 11) is 2.23. The second kappa shape index (κ2) is 3.74. The van der Waals surface area contributed by atoms with Crippen LogP contribution in [0.3, 0.4) is 0 Å². The number of hydrogen-bond donors (Lipinski definition) is 1. The Balaban J connectivity index is 1.81. The summed E-state index contributed by atoms with van der Waals surface area (Å²) in [6, 6.07) is 0. The van der Waals surface area contributed by atoms with Gasteiger partial charge >= 0.3 is 0 Å². The number of piperidine rings is 1. The molecule has 86 valence electrons. The quantitative estimate of drug-likeness (QED) is 0.657. The number of likely N-dealkylation sites (tertiary alicyclic amines) is 1. The summed E-state index contributed by atoms with van der Waals surface area (Å²) in [4.78, 5) is 2.46. The van der Waals surface area contributed by atoms with E-state index in [1.807, 2.05) is 0 Å². The molecule has 0 radical (unpaired) electrons. The van der Waals surface area contributed by atoms with Gasteiger partial charge in [0.05, 0.1) is 6.10 Å². The smallest absolute Gasteiger partial charge is 0.0603 e. The van der Waals surface area contributed by atoms with Crippen LogP contribution in [0.25, 0.3) is 0 Å². The van der Waals surface area contributed by atoms with E-state index in [4.69, 9.17) is 0 Å². The van der Waals surface area contributed by atoms with Crippen molar-refractivity contribution in [3.63, 3.8) is 0 Å². The van der Waals surface area contributed by atoms with Gasteiger partial charge < -0.3 is 10.0 Å². The van der Waals surface area contributed by atoms with Gasteiger partial charge in [-0.1, -0.05) is 12.8 Å². The highest BCUT2D eigenvalue weighted by Gasteiger charge is 2.51. The standard InChI is InChI=1S/C13H23NO/c1-14-7-6-11-12(8-14)9-4-2-3-5-10(9)13(11)15/h9-13,15H,2-8H2,1H3. The van der Waals surface area contributed by atoms with Gasteiger partial charge in [-0.2, -0.15) is 0 Å². The molecule has 2 nitrogen and oxygen atoms in total. The van der Waals surface area contributed by atoms with Gasteiger partial charge in [-0.3, -0.25) is 0 Å². The molecule has 1 heterocycles. The molecule has 3 rings (SSSR count). The lowest BCUT2D eigenvalue weighted by molar-refractivity contribution is 0.0497. The molecule has 0 amide bonds. The lowest BCUT2D eigenvalue weighted by Gasteiger charge is -2.36. The minimum Gasteiger partial charge on any atom is -0.393 e. The molecule has 3 fully saturated rings. The molecular weight excluding hydrogens is 186 g/mol. The molecule has 2 aliphatic carbocycles. The van der Waals surface area contributed by atoms with Gasteiger partial charge in [-0.25, -0.2) is 0 Å². The molecular formula is C13H23NO. The van der Waals surface area contributed by atoms with Crippen molar-refractivity contribution in [1.29, 1.82) is 0 Å². The van der Waals surface area contributed by atoms with E-state index in [1.54, 1.807) is 0 Å². The van der Waals surface area contributed by atoms with Crippen molar-refractivity contribution in [2.24, 2.45) is 23.7 Å². The molecule has 15 heavy (non-hydrogen) atoms. The van der Waals surface area contributed by atoms with Crippen LogP contribution in [-0.4, -0.2) is 36.2 Å². The molecule has 0 aromatic heterocycles. The first-order valence-corrected chi connectivity index (χ1v) is 6.64. The number of hydrogen-bond acceptors (Lipinski definition) is 2. The minimum absolute atomic E-state index is 0.0361. The largest absolute Gasteiger partial charge is 0.393 e. The van der Waals surface area contributed by atoms with Crippen molar-refractivity contribution in [3.8, 4) is 0 Å². The summed E-state index contributed by atoms with van der Waals surface area (Å²) in [5.41, 5.74) is 0. The number of aliphatic hydroxyl groups excluding tert-OH is 1. The van der Waals surface area contributed by atoms with Crippen LogP contribution in [0.1, 0.15) is 32.1 Å². The summed E-state index contributed by atoms with van der Waals surface area (Å²) in [6.45, 7) is 2.43. The molecule has 1 N–H and O–H groups in total. The van der Waals surface area contributed by atoms with Crippen LogP contribution < -0.4 is 0 Å². The molecule has 1 saturated heterocycles. The molecule has 0 spiro atoms. The maximum atomic E-state index is 10.4. The van der Waals surface area contributed by atoms with E-state index in [0.717, 1.165) is 11.8 Å². The molecule has 5 atom stereocenters. The Hall–Kier alpha value is -0.0800. The molecule has 2 saturated carbocycles. The number of fused-ring (bicyclic) bond motifs is 3. The van der Waals surface area contributed by atoms with E-state index in [1.165, 1.54) is 45.2 Å². The van der Waals surface area contributed by atoms with Gasteiger partial charge in [-0.15, -0.1) is 0 Å². The summed E-state index contributed by atoms with van der Waals surface area (Å²) < 4.78 is 0. The third-order valence-corrected chi connectivity index (χ3v) is 5.22. The Morgan fingerprint density at radius 3 is 2.40 bits per heavy atom. The average Bonchev–Trinajstić information content (AvgIpc) is 2.54. The molecule has 0 aromatic rings. The van der Waals surface area contributed by atoms with Crippen LogP contribution in [0.4, 0.5) is 0 Å². The lowest BCUT2D eigenvalue weighted by Crippen LogP contribution is -2.40. The van der Waals surface area contributed by atoms with Crippen LogP contribution in [0.2, 0.25) is 0 Å². The highest BCUT2D eigenvalue weighted by atomic mass is 16.3. The van der Waals surface area contributed by atoms with Gasteiger partial charge in [0.1, 0.15) is 0 Å². The Kier molecular flexibility index (Phi) is 2.52. The molecule has 5 unspecified atom stereocenters. The van der Waals surface area contributed by atoms with Crippen LogP contribution in [-0.2, 0) is 0 Å². The Morgan fingerprint density at radius 1 is 0.933 bits per heavy atom. The molecule has 0 aromatic carbocycles. The first-order chi connectivity index (χ1) is 7.27. The first-order valence-electron chi connectivity index (χ1n) is 6.64. The summed E-state index contributed by atoms with van der Waals surface area (Å²) >= 11 is 0. The maximum Gasteiger partial charge on any atom is 0.0603 e. The molecule has 2 heteroatoms. The van der Waals surface area contributed by atoms with Gasteiger partial charge in [0.2, 0.25) is 0 Å². The minimum atomic E-state index is 0.0361. The van der Waals surface area contributed by atoms with Crippen molar-refractivity contribution < 1.29 is 5.11 Å². The van der Waals surface area contributed by atoms with E-state index >= 15 is 0 Å². The number of aliphatic hydroxyl groups is 1. The predicted octanol–water partition coefficient (Wildman–Crippen LogP) is 1.74. The van der Waals surface area contributed by atoms with E-state index in [0.29, 0.717) is 11.8 Å². The Labute approximate surface area is 92.7 Å². The monoisotopic (exact) mass is 209 g/mol. The summed E-state index contributed by atoms with van der Waals surface area (Å²) in [6.07, 6.45) is 6.71. The van der Waals surface area contributed by atoms with Gasteiger partial charge in [0.25, 0.3) is 0 Å². The normalized spacial score (nSPS) is 51.2. The lowest BCUT2D eigenvalue weighted by atomic mass is 9.76. The Morgan fingerprint density at radius 2 is 1.60 bits per heavy atom. The molecule has 3 aliphatic rings. The van der Waals surface area contributed by atoms with Gasteiger partial charge in [-0.05, 0) is 56.5 Å². The van der Waals surface area contributed by atoms with Gasteiger partial charge in [0.15, 0.2) is 0 Å². The second-order valence-corrected chi connectivity index (χ2v) is 5.98. The van der Waals surface area contributed by atoms with Crippen molar-refractivity contribution in [2.45, 2.75) is 38.2 Å². The fourth-order valence-corrected chi connectivity index (χ4v) is 4.51. The topological polar surface area (TPSA) is 23.5 Å². The fraction of sp³-hybridized carbons (Fsp3) is 1.00. The van der Waals surface area contributed by atoms with Crippen molar-refractivity contribution in [1.82, 2.24) is 4.90 Å². The van der Waals surface area contributed by atoms with E-state index < -0.39 is 0 Å². The highest BCUT2D eigenvalue weighted by Crippen LogP contribution is 2.51. The predicted molar refractivity (Wildman–Crippen MR) is 60.5 cm³/mol. The summed E-state index contributed by atoms with van der Waals surface area (Å²) in [5, 5.41) is 10.4. The fourth-order valence-electron chi connectivity index (χ4n) is 4.51. The van der Waals surface area contributed by atoms with E-state index in [2.05, 4.69) is 11.9 Å². The average molecular weight is 209 g/mol. The van der Waals surface area contributed by atoms with E-state index in [9.17, 15) is 5.11 Å². The third-order valence-electron chi connectivity index (χ3n) is 5.22. The summed E-state index contributed by atoms with van der Waals surface area (Å²) in [5.74, 6) is 2.94. The maximum absolute atomic E-state index is 10.4. The second-order valence-electron chi connectivity index (χ2n) is 5.98. The number of nitrogens with zero attached hydrogens (tertiary/aromatic N) is 1. The van der Waals surface area contributed by atoms with Gasteiger partial charge in [0, 0.05) is 6.54 Å². The van der Waals surface area contributed by atoms with Crippen molar-refractivity contribution in [3.05, 3.63) is 0 Å². The van der Waals surface area contributed by atoms with Crippen LogP contribution in [0.5, 0.6) is 0 Å². The van der Waals surface area contributed by atoms with Crippen LogP contribution in [0, 0.1) is 23.7 Å². The third kappa shape index (κ3) is 1.53. The van der Waals surface area contributed by atoms with Crippen molar-refractivity contribution >= 4 is 0 Å². The molecule has 0 bridgehead atoms. The van der Waals surface area contributed by atoms with Crippen LogP contribution >= 0.6 is 0 Å². The first kappa shape index (κ1) is 10.1. The zero-order chi connectivity index (χ0) is 10.4. The highest BCUT2D eigenvalue weighted by molar-refractivity contribution is 5.01. The Bertz CT molecular complexity index is 243. The van der Waals surface area contributed by atoms with Crippen molar-refractivity contribution in [2.75, 3.05) is 20.1 Å². The number of rotatable bonds is 0. The zero-order valence-corrected chi connectivity index (χ0v) is 9.73. The van der Waals surface area contributed by atoms with E-state index in [-0.39, 0.29) is 6.10 Å². The zero-order valence-electron chi connectivity index (χ0n) is 9.73. The SMILES string of the molecule is CN1CCC2C(O)C3CCCCC3C2C1. The molecule has 1 aliphatic heterocycles.